The molecule has 0 radical (unpaired) electrons. The van der Waals surface area contributed by atoms with Crippen molar-refractivity contribution < 1.29 is 38.0 Å². The highest BCUT2D eigenvalue weighted by molar-refractivity contribution is 6.03. The zero-order valence-electron chi connectivity index (χ0n) is 20.1. The molecule has 0 atom stereocenters. The molecule has 0 saturated heterocycles. The van der Waals surface area contributed by atoms with Crippen LogP contribution in [0, 0.1) is 0 Å². The van der Waals surface area contributed by atoms with Gasteiger partial charge < -0.3 is 38.1 Å². The summed E-state index contributed by atoms with van der Waals surface area (Å²) in [5.74, 6) is 0.935. The predicted octanol–water partition coefficient (Wildman–Crippen LogP) is 3.42. The maximum atomic E-state index is 13.7. The van der Waals surface area contributed by atoms with E-state index < -0.39 is 11.4 Å². The Morgan fingerprint density at radius 1 is 0.765 bits per heavy atom. The SMILES string of the molecule is CCOC(=O)c1c(-c2cc(OC)c(OC)c(OC)c2)[nH]c2cc(OC)c(OC)c(OC)c2c1=O. The van der Waals surface area contributed by atoms with E-state index in [1.807, 2.05) is 0 Å². The van der Waals surface area contributed by atoms with Gasteiger partial charge in [0, 0.05) is 11.6 Å². The number of H-pyrrole nitrogens is 1. The predicted molar refractivity (Wildman–Crippen MR) is 125 cm³/mol. The van der Waals surface area contributed by atoms with Crippen LogP contribution in [0.1, 0.15) is 17.3 Å². The molecule has 34 heavy (non-hydrogen) atoms. The van der Waals surface area contributed by atoms with Crippen LogP contribution in [-0.4, -0.2) is 60.2 Å². The highest BCUT2D eigenvalue weighted by Crippen LogP contribution is 2.44. The molecule has 182 valence electrons. The molecule has 2 aromatic carbocycles. The summed E-state index contributed by atoms with van der Waals surface area (Å²) < 4.78 is 37.8. The van der Waals surface area contributed by atoms with Crippen LogP contribution in [-0.2, 0) is 4.74 Å². The Morgan fingerprint density at radius 3 is 1.76 bits per heavy atom. The number of fused-ring (bicyclic) bond motifs is 1. The summed E-state index contributed by atoms with van der Waals surface area (Å²) in [4.78, 5) is 29.9. The number of esters is 1. The summed E-state index contributed by atoms with van der Waals surface area (Å²) in [5.41, 5.74) is 0.175. The van der Waals surface area contributed by atoms with Crippen molar-refractivity contribution >= 4 is 16.9 Å². The van der Waals surface area contributed by atoms with Crippen LogP contribution >= 0.6 is 0 Å². The van der Waals surface area contributed by atoms with E-state index in [1.165, 1.54) is 42.7 Å². The quantitative estimate of drug-likeness (QED) is 0.467. The molecule has 0 saturated carbocycles. The molecule has 3 aromatic rings. The molecule has 0 aliphatic rings. The fraction of sp³-hybridized carbons (Fsp3) is 0.333. The van der Waals surface area contributed by atoms with E-state index in [-0.39, 0.29) is 34.7 Å². The van der Waals surface area contributed by atoms with E-state index in [2.05, 4.69) is 4.98 Å². The van der Waals surface area contributed by atoms with E-state index in [1.54, 1.807) is 25.1 Å². The van der Waals surface area contributed by atoms with Gasteiger partial charge in [-0.2, -0.15) is 0 Å². The van der Waals surface area contributed by atoms with Crippen molar-refractivity contribution in [1.82, 2.24) is 4.98 Å². The van der Waals surface area contributed by atoms with Crippen LogP contribution < -0.4 is 33.8 Å². The van der Waals surface area contributed by atoms with Crippen LogP contribution in [0.3, 0.4) is 0 Å². The number of hydrogen-bond acceptors (Lipinski definition) is 9. The van der Waals surface area contributed by atoms with Gasteiger partial charge in [-0.15, -0.1) is 0 Å². The summed E-state index contributed by atoms with van der Waals surface area (Å²) in [5, 5.41) is 0.111. The molecule has 0 unspecified atom stereocenters. The van der Waals surface area contributed by atoms with Crippen LogP contribution in [0.4, 0.5) is 0 Å². The molecule has 0 amide bonds. The Bertz CT molecular complexity index is 1250. The number of methoxy groups -OCH3 is 6. The Kier molecular flexibility index (Phi) is 7.40. The monoisotopic (exact) mass is 473 g/mol. The lowest BCUT2D eigenvalue weighted by Crippen LogP contribution is -2.21. The van der Waals surface area contributed by atoms with Gasteiger partial charge in [0.2, 0.25) is 16.9 Å². The third kappa shape index (κ3) is 4.02. The lowest BCUT2D eigenvalue weighted by molar-refractivity contribution is 0.0525. The Balaban J connectivity index is 2.51. The van der Waals surface area contributed by atoms with Crippen molar-refractivity contribution in [3.8, 4) is 45.8 Å². The maximum Gasteiger partial charge on any atom is 0.344 e. The van der Waals surface area contributed by atoms with E-state index in [0.29, 0.717) is 34.1 Å². The summed E-state index contributed by atoms with van der Waals surface area (Å²) in [7, 11) is 8.71. The molecule has 0 aliphatic carbocycles. The molecule has 0 spiro atoms. The van der Waals surface area contributed by atoms with Crippen molar-refractivity contribution in [3.05, 3.63) is 34.0 Å². The summed E-state index contributed by atoms with van der Waals surface area (Å²) in [6, 6.07) is 4.84. The second-order valence-corrected chi connectivity index (χ2v) is 6.91. The lowest BCUT2D eigenvalue weighted by Gasteiger charge is -2.18. The minimum Gasteiger partial charge on any atom is -0.493 e. The van der Waals surface area contributed by atoms with Crippen molar-refractivity contribution in [2.45, 2.75) is 6.92 Å². The zero-order valence-corrected chi connectivity index (χ0v) is 20.1. The first kappa shape index (κ1) is 24.6. The summed E-state index contributed by atoms with van der Waals surface area (Å²) in [6.07, 6.45) is 0. The Hall–Kier alpha value is -4.08. The van der Waals surface area contributed by atoms with Crippen molar-refractivity contribution in [3.63, 3.8) is 0 Å². The highest BCUT2D eigenvalue weighted by Gasteiger charge is 2.27. The number of rotatable bonds is 9. The minimum atomic E-state index is -0.800. The number of aromatic nitrogens is 1. The van der Waals surface area contributed by atoms with Gasteiger partial charge in [0.15, 0.2) is 23.0 Å². The summed E-state index contributed by atoms with van der Waals surface area (Å²) in [6.45, 7) is 1.73. The number of carbonyl (C=O) groups excluding carboxylic acids is 1. The van der Waals surface area contributed by atoms with E-state index in [0.717, 1.165) is 0 Å². The molecule has 1 aromatic heterocycles. The van der Waals surface area contributed by atoms with Gasteiger partial charge >= 0.3 is 5.97 Å². The van der Waals surface area contributed by atoms with Gasteiger partial charge in [-0.1, -0.05) is 0 Å². The lowest BCUT2D eigenvalue weighted by atomic mass is 10.0. The van der Waals surface area contributed by atoms with Gasteiger partial charge in [0.05, 0.1) is 65.9 Å². The van der Waals surface area contributed by atoms with Crippen LogP contribution in [0.25, 0.3) is 22.2 Å². The zero-order chi connectivity index (χ0) is 25.0. The maximum absolute atomic E-state index is 13.7. The molecule has 0 bridgehead atoms. The van der Waals surface area contributed by atoms with Crippen LogP contribution in [0.5, 0.6) is 34.5 Å². The first-order chi connectivity index (χ1) is 16.4. The molecular weight excluding hydrogens is 446 g/mol. The van der Waals surface area contributed by atoms with Gasteiger partial charge in [0.25, 0.3) is 0 Å². The first-order valence-electron chi connectivity index (χ1n) is 10.3. The molecule has 3 rings (SSSR count). The minimum absolute atomic E-state index is 0.0775. The normalized spacial score (nSPS) is 10.6. The van der Waals surface area contributed by atoms with Gasteiger partial charge in [-0.05, 0) is 19.1 Å². The number of aromatic amines is 1. The fourth-order valence-electron chi connectivity index (χ4n) is 3.76. The smallest absolute Gasteiger partial charge is 0.344 e. The van der Waals surface area contributed by atoms with E-state index >= 15 is 0 Å². The molecule has 0 aliphatic heterocycles. The van der Waals surface area contributed by atoms with E-state index in [4.69, 9.17) is 33.2 Å². The number of hydrogen-bond donors (Lipinski definition) is 1. The third-order valence-electron chi connectivity index (χ3n) is 5.23. The number of benzene rings is 2. The van der Waals surface area contributed by atoms with E-state index in [9.17, 15) is 9.59 Å². The van der Waals surface area contributed by atoms with Crippen molar-refractivity contribution in [2.24, 2.45) is 0 Å². The number of nitrogens with one attached hydrogen (secondary N) is 1. The van der Waals surface area contributed by atoms with Gasteiger partial charge in [-0.25, -0.2) is 4.79 Å². The van der Waals surface area contributed by atoms with Crippen molar-refractivity contribution in [1.29, 1.82) is 0 Å². The van der Waals surface area contributed by atoms with Crippen LogP contribution in [0.15, 0.2) is 23.0 Å². The van der Waals surface area contributed by atoms with Crippen LogP contribution in [0.2, 0.25) is 0 Å². The average molecular weight is 473 g/mol. The van der Waals surface area contributed by atoms with Gasteiger partial charge in [0.1, 0.15) is 5.56 Å². The molecule has 10 heteroatoms. The number of ether oxygens (including phenoxy) is 7. The van der Waals surface area contributed by atoms with Gasteiger partial charge in [-0.3, -0.25) is 4.79 Å². The molecule has 10 nitrogen and oxygen atoms in total. The number of pyridine rings is 1. The molecule has 0 fully saturated rings. The number of carbonyl (C=O) groups is 1. The summed E-state index contributed by atoms with van der Waals surface area (Å²) >= 11 is 0. The second kappa shape index (κ2) is 10.2. The second-order valence-electron chi connectivity index (χ2n) is 6.91. The molecular formula is C24H27NO9. The molecule has 1 N–H and O–H groups in total. The van der Waals surface area contributed by atoms with Crippen molar-refractivity contribution in [2.75, 3.05) is 49.3 Å². The third-order valence-corrected chi connectivity index (χ3v) is 5.23. The topological polar surface area (TPSA) is 115 Å². The Morgan fingerprint density at radius 2 is 1.29 bits per heavy atom. The average Bonchev–Trinajstić information content (AvgIpc) is 2.86. The largest absolute Gasteiger partial charge is 0.493 e. The fourth-order valence-corrected chi connectivity index (χ4v) is 3.76. The first-order valence-corrected chi connectivity index (χ1v) is 10.3. The molecule has 1 heterocycles. The standard InChI is InChI=1S/C24H27NO9/c1-8-34-24(27)18-19(12-9-14(28-2)21(31-5)15(10-12)29-3)25-13-11-16(30-4)22(32-6)23(33-7)17(13)20(18)26/h9-11H,8H2,1-7H3,(H,25,26). The highest BCUT2D eigenvalue weighted by atomic mass is 16.5. The Labute approximate surface area is 196 Å².